The van der Waals surface area contributed by atoms with Crippen molar-refractivity contribution in [2.24, 2.45) is 0 Å². The van der Waals surface area contributed by atoms with Crippen LogP contribution in [0.4, 0.5) is 0 Å². The molecule has 0 aromatic rings. The van der Waals surface area contributed by atoms with Crippen LogP contribution in [0.3, 0.4) is 0 Å². The molecule has 21 heavy (non-hydrogen) atoms. The predicted molar refractivity (Wildman–Crippen MR) is 85.3 cm³/mol. The van der Waals surface area contributed by atoms with Gasteiger partial charge < -0.3 is 4.74 Å². The molecule has 0 spiro atoms. The lowest BCUT2D eigenvalue weighted by molar-refractivity contribution is -0.151. The van der Waals surface area contributed by atoms with Gasteiger partial charge in [-0.1, -0.05) is 0 Å². The molecule has 1 aliphatic carbocycles. The third-order valence-corrected chi connectivity index (χ3v) is 5.03. The zero-order valence-electron chi connectivity index (χ0n) is 14.4. The molecule has 4 nitrogen and oxygen atoms in total. The van der Waals surface area contributed by atoms with E-state index in [2.05, 4.69) is 31.0 Å². The van der Waals surface area contributed by atoms with Gasteiger partial charge in [0, 0.05) is 17.6 Å². The first-order valence-electron chi connectivity index (χ1n) is 8.50. The van der Waals surface area contributed by atoms with Gasteiger partial charge in [-0.05, 0) is 73.3 Å². The Labute approximate surface area is 129 Å². The Morgan fingerprint density at radius 1 is 1.48 bits per heavy atom. The van der Waals surface area contributed by atoms with Crippen molar-refractivity contribution in [1.82, 2.24) is 10.2 Å². The number of ether oxygens (including phenoxy) is 1. The summed E-state index contributed by atoms with van der Waals surface area (Å²) in [4.78, 5) is 15.0. The molecule has 4 heteroatoms. The van der Waals surface area contributed by atoms with E-state index in [0.29, 0.717) is 18.7 Å². The monoisotopic (exact) mass is 296 g/mol. The van der Waals surface area contributed by atoms with Crippen molar-refractivity contribution in [1.29, 1.82) is 0 Å². The Kier molecular flexibility index (Phi) is 4.99. The van der Waals surface area contributed by atoms with Gasteiger partial charge in [-0.3, -0.25) is 15.0 Å². The van der Waals surface area contributed by atoms with Crippen molar-refractivity contribution < 1.29 is 9.53 Å². The second-order valence-corrected chi connectivity index (χ2v) is 7.63. The minimum Gasteiger partial charge on any atom is -0.465 e. The minimum absolute atomic E-state index is 0.0965. The van der Waals surface area contributed by atoms with Crippen molar-refractivity contribution >= 4 is 5.97 Å². The number of hydrogen-bond acceptors (Lipinski definition) is 4. The fraction of sp³-hybridized carbons (Fsp3) is 0.941. The number of hydrogen-bond donors (Lipinski definition) is 1. The van der Waals surface area contributed by atoms with Crippen LogP contribution in [0.5, 0.6) is 0 Å². The predicted octanol–water partition coefficient (Wildman–Crippen LogP) is 2.71. The van der Waals surface area contributed by atoms with E-state index in [1.165, 1.54) is 25.7 Å². The third kappa shape index (κ3) is 3.98. The molecule has 2 unspecified atom stereocenters. The number of carbonyl (C=O) groups excluding carboxylic acids is 1. The molecule has 2 aliphatic rings. The summed E-state index contributed by atoms with van der Waals surface area (Å²) in [6.07, 6.45) is 5.66. The van der Waals surface area contributed by atoms with Gasteiger partial charge in [0.2, 0.25) is 0 Å². The van der Waals surface area contributed by atoms with Crippen LogP contribution in [0.2, 0.25) is 0 Å². The number of nitrogens with zero attached hydrogens (tertiary/aromatic N) is 1. The Morgan fingerprint density at radius 2 is 2.14 bits per heavy atom. The molecular formula is C17H32N2O2. The van der Waals surface area contributed by atoms with Crippen molar-refractivity contribution in [3.63, 3.8) is 0 Å². The van der Waals surface area contributed by atoms with E-state index in [1.54, 1.807) is 0 Å². The lowest BCUT2D eigenvalue weighted by Crippen LogP contribution is -2.56. The van der Waals surface area contributed by atoms with E-state index in [1.807, 2.05) is 13.8 Å². The number of likely N-dealkylation sites (tertiary alicyclic amines) is 1. The molecule has 0 radical (unpaired) electrons. The largest absolute Gasteiger partial charge is 0.465 e. The Hall–Kier alpha value is -0.610. The van der Waals surface area contributed by atoms with E-state index >= 15 is 0 Å². The molecule has 1 heterocycles. The maximum Gasteiger partial charge on any atom is 0.326 e. The van der Waals surface area contributed by atoms with Gasteiger partial charge >= 0.3 is 5.97 Å². The molecular weight excluding hydrogens is 264 g/mol. The lowest BCUT2D eigenvalue weighted by Gasteiger charge is -2.40. The standard InChI is InChI=1S/C17H32N2O2/c1-6-21-15(20)17(5,18-14-8-9-14)12-13(2)19-11-7-10-16(19,3)4/h13-14,18H,6-12H2,1-5H3. The highest BCUT2D eigenvalue weighted by Gasteiger charge is 2.44. The summed E-state index contributed by atoms with van der Waals surface area (Å²) in [6, 6.07) is 0.876. The molecule has 1 saturated heterocycles. The summed E-state index contributed by atoms with van der Waals surface area (Å²) in [5, 5.41) is 3.53. The first kappa shape index (κ1) is 16.8. The number of nitrogens with one attached hydrogen (secondary N) is 1. The summed E-state index contributed by atoms with van der Waals surface area (Å²) >= 11 is 0. The fourth-order valence-corrected chi connectivity index (χ4v) is 3.82. The highest BCUT2D eigenvalue weighted by Crippen LogP contribution is 2.34. The van der Waals surface area contributed by atoms with Crippen LogP contribution < -0.4 is 5.32 Å². The van der Waals surface area contributed by atoms with Gasteiger partial charge in [-0.2, -0.15) is 0 Å². The summed E-state index contributed by atoms with van der Waals surface area (Å²) in [7, 11) is 0. The molecule has 2 atom stereocenters. The van der Waals surface area contributed by atoms with E-state index < -0.39 is 5.54 Å². The number of esters is 1. The van der Waals surface area contributed by atoms with Crippen molar-refractivity contribution in [3.8, 4) is 0 Å². The topological polar surface area (TPSA) is 41.6 Å². The maximum atomic E-state index is 12.4. The summed E-state index contributed by atoms with van der Waals surface area (Å²) in [6.45, 7) is 12.4. The molecule has 2 fully saturated rings. The van der Waals surface area contributed by atoms with Crippen molar-refractivity contribution in [2.75, 3.05) is 13.2 Å². The second-order valence-electron chi connectivity index (χ2n) is 7.63. The van der Waals surface area contributed by atoms with Crippen LogP contribution in [0.25, 0.3) is 0 Å². The highest BCUT2D eigenvalue weighted by molar-refractivity contribution is 5.80. The van der Waals surface area contributed by atoms with Crippen LogP contribution in [-0.4, -0.2) is 47.2 Å². The molecule has 1 N–H and O–H groups in total. The first-order chi connectivity index (χ1) is 9.78. The molecule has 0 aromatic carbocycles. The van der Waals surface area contributed by atoms with Crippen molar-refractivity contribution in [3.05, 3.63) is 0 Å². The van der Waals surface area contributed by atoms with Gasteiger partial charge in [0.15, 0.2) is 0 Å². The molecule has 1 aliphatic heterocycles. The van der Waals surface area contributed by atoms with Gasteiger partial charge in [0.25, 0.3) is 0 Å². The van der Waals surface area contributed by atoms with Gasteiger partial charge in [-0.15, -0.1) is 0 Å². The molecule has 1 saturated carbocycles. The van der Waals surface area contributed by atoms with Crippen LogP contribution in [0, 0.1) is 0 Å². The van der Waals surface area contributed by atoms with Crippen LogP contribution in [0.1, 0.15) is 66.7 Å². The van der Waals surface area contributed by atoms with Crippen molar-refractivity contribution in [2.45, 2.75) is 89.9 Å². The van der Waals surface area contributed by atoms with E-state index in [0.717, 1.165) is 13.0 Å². The zero-order valence-corrected chi connectivity index (χ0v) is 14.4. The van der Waals surface area contributed by atoms with Gasteiger partial charge in [0.1, 0.15) is 5.54 Å². The Morgan fingerprint density at radius 3 is 2.62 bits per heavy atom. The SMILES string of the molecule is CCOC(=O)C(C)(CC(C)N1CCCC1(C)C)NC1CC1. The summed E-state index contributed by atoms with van der Waals surface area (Å²) in [5.41, 5.74) is -0.316. The highest BCUT2D eigenvalue weighted by atomic mass is 16.5. The molecule has 0 aromatic heterocycles. The minimum atomic E-state index is -0.560. The first-order valence-corrected chi connectivity index (χ1v) is 8.50. The van der Waals surface area contributed by atoms with Gasteiger partial charge in [0.05, 0.1) is 6.61 Å². The quantitative estimate of drug-likeness (QED) is 0.734. The average molecular weight is 296 g/mol. The zero-order chi connectivity index (χ0) is 15.7. The number of rotatable bonds is 7. The normalized spacial score (nSPS) is 26.3. The van der Waals surface area contributed by atoms with Crippen LogP contribution >= 0.6 is 0 Å². The lowest BCUT2D eigenvalue weighted by atomic mass is 9.90. The van der Waals surface area contributed by atoms with Crippen LogP contribution in [-0.2, 0) is 9.53 Å². The Bertz CT molecular complexity index is 379. The van der Waals surface area contributed by atoms with E-state index in [9.17, 15) is 4.79 Å². The maximum absolute atomic E-state index is 12.4. The Balaban J connectivity index is 2.04. The van der Waals surface area contributed by atoms with Crippen LogP contribution in [0.15, 0.2) is 0 Å². The average Bonchev–Trinajstić information content (AvgIpc) is 3.10. The van der Waals surface area contributed by atoms with E-state index in [-0.39, 0.29) is 11.5 Å². The number of carbonyl (C=O) groups is 1. The molecule has 0 bridgehead atoms. The van der Waals surface area contributed by atoms with E-state index in [4.69, 9.17) is 4.74 Å². The second kappa shape index (κ2) is 6.25. The fourth-order valence-electron chi connectivity index (χ4n) is 3.82. The van der Waals surface area contributed by atoms with Gasteiger partial charge in [-0.25, -0.2) is 0 Å². The molecule has 2 rings (SSSR count). The summed E-state index contributed by atoms with van der Waals surface area (Å²) in [5.74, 6) is -0.0965. The summed E-state index contributed by atoms with van der Waals surface area (Å²) < 4.78 is 5.33. The smallest absolute Gasteiger partial charge is 0.326 e. The molecule has 0 amide bonds. The third-order valence-electron chi connectivity index (χ3n) is 5.03. The molecule has 122 valence electrons.